The first-order valence-electron chi connectivity index (χ1n) is 6.18. The van der Waals surface area contributed by atoms with Crippen LogP contribution in [0.2, 0.25) is 5.02 Å². The molecule has 1 N–H and O–H groups in total. The van der Waals surface area contributed by atoms with Gasteiger partial charge in [0.05, 0.1) is 7.11 Å². The molecule has 19 heavy (non-hydrogen) atoms. The topological polar surface area (TPSA) is 34.1 Å². The van der Waals surface area contributed by atoms with E-state index in [4.69, 9.17) is 16.3 Å². The summed E-state index contributed by atoms with van der Waals surface area (Å²) < 4.78 is 5.23. The van der Waals surface area contributed by atoms with Crippen molar-refractivity contribution in [2.75, 3.05) is 7.11 Å². The molecule has 0 bridgehead atoms. The van der Waals surface area contributed by atoms with E-state index in [0.29, 0.717) is 12.4 Å². The summed E-state index contributed by atoms with van der Waals surface area (Å²) in [5.74, 6) is 0.654. The number of benzene rings is 1. The molecule has 1 aromatic heterocycles. The fourth-order valence-corrected chi connectivity index (χ4v) is 2.24. The summed E-state index contributed by atoms with van der Waals surface area (Å²) in [4.78, 5) is 4.18. The number of methoxy groups -OCH3 is 1. The van der Waals surface area contributed by atoms with E-state index in [1.165, 1.54) is 0 Å². The molecule has 1 atom stereocenters. The van der Waals surface area contributed by atoms with Crippen LogP contribution in [0.25, 0.3) is 0 Å². The number of halogens is 1. The van der Waals surface area contributed by atoms with Crippen LogP contribution in [-0.4, -0.2) is 12.1 Å². The van der Waals surface area contributed by atoms with E-state index in [-0.39, 0.29) is 6.04 Å². The molecule has 0 spiro atoms. The Bertz CT molecular complexity index is 545. The van der Waals surface area contributed by atoms with Gasteiger partial charge in [0.25, 0.3) is 0 Å². The van der Waals surface area contributed by atoms with Crippen LogP contribution in [0, 0.1) is 0 Å². The average molecular weight is 277 g/mol. The predicted octanol–water partition coefficient (Wildman–Crippen LogP) is 3.59. The zero-order valence-electron chi connectivity index (χ0n) is 11.1. The minimum atomic E-state index is 0.165. The van der Waals surface area contributed by atoms with Crippen LogP contribution >= 0.6 is 11.6 Å². The molecule has 0 aliphatic carbocycles. The molecule has 0 saturated carbocycles. The molecule has 0 aliphatic rings. The first-order chi connectivity index (χ1) is 9.22. The van der Waals surface area contributed by atoms with Crippen molar-refractivity contribution in [2.24, 2.45) is 0 Å². The van der Waals surface area contributed by atoms with Gasteiger partial charge in [-0.1, -0.05) is 35.9 Å². The highest BCUT2D eigenvalue weighted by molar-refractivity contribution is 6.31. The Labute approximate surface area is 118 Å². The van der Waals surface area contributed by atoms with Crippen molar-refractivity contribution in [1.29, 1.82) is 0 Å². The number of hydrogen-bond acceptors (Lipinski definition) is 3. The van der Waals surface area contributed by atoms with Gasteiger partial charge >= 0.3 is 0 Å². The van der Waals surface area contributed by atoms with E-state index in [1.807, 2.05) is 36.4 Å². The van der Waals surface area contributed by atoms with Crippen molar-refractivity contribution in [3.8, 4) is 5.88 Å². The normalized spacial score (nSPS) is 12.2. The lowest BCUT2D eigenvalue weighted by molar-refractivity contribution is 0.389. The highest BCUT2D eigenvalue weighted by Gasteiger charge is 2.10. The van der Waals surface area contributed by atoms with Crippen molar-refractivity contribution < 1.29 is 4.74 Å². The third-order valence-electron chi connectivity index (χ3n) is 3.01. The van der Waals surface area contributed by atoms with Gasteiger partial charge in [-0.2, -0.15) is 0 Å². The highest BCUT2D eigenvalue weighted by Crippen LogP contribution is 2.23. The Balaban J connectivity index is 2.04. The second kappa shape index (κ2) is 6.55. The lowest BCUT2D eigenvalue weighted by Crippen LogP contribution is -2.19. The first kappa shape index (κ1) is 13.8. The van der Waals surface area contributed by atoms with Crippen molar-refractivity contribution in [3.05, 3.63) is 58.7 Å². The van der Waals surface area contributed by atoms with E-state index in [1.54, 1.807) is 13.3 Å². The summed E-state index contributed by atoms with van der Waals surface area (Å²) in [6.45, 7) is 2.77. The van der Waals surface area contributed by atoms with E-state index in [9.17, 15) is 0 Å². The van der Waals surface area contributed by atoms with Gasteiger partial charge in [-0.3, -0.25) is 0 Å². The predicted molar refractivity (Wildman–Crippen MR) is 77.5 cm³/mol. The Morgan fingerprint density at radius 1 is 1.26 bits per heavy atom. The molecule has 2 rings (SSSR count). The number of ether oxygens (including phenoxy) is 1. The van der Waals surface area contributed by atoms with Gasteiger partial charge in [0.15, 0.2) is 0 Å². The Morgan fingerprint density at radius 2 is 2.05 bits per heavy atom. The second-order valence-electron chi connectivity index (χ2n) is 4.30. The van der Waals surface area contributed by atoms with Crippen LogP contribution in [0.15, 0.2) is 42.6 Å². The molecule has 0 fully saturated rings. The fourth-order valence-electron chi connectivity index (χ4n) is 1.94. The third kappa shape index (κ3) is 3.46. The molecule has 4 heteroatoms. The van der Waals surface area contributed by atoms with Gasteiger partial charge in [-0.05, 0) is 24.6 Å². The van der Waals surface area contributed by atoms with Crippen molar-refractivity contribution in [2.45, 2.75) is 19.5 Å². The highest BCUT2D eigenvalue weighted by atomic mass is 35.5. The smallest absolute Gasteiger partial charge is 0.217 e. The molecule has 0 amide bonds. The van der Waals surface area contributed by atoms with Gasteiger partial charge in [-0.15, -0.1) is 0 Å². The lowest BCUT2D eigenvalue weighted by atomic mass is 10.1. The quantitative estimate of drug-likeness (QED) is 0.906. The Hall–Kier alpha value is -1.58. The molecule has 0 saturated heterocycles. The van der Waals surface area contributed by atoms with Crippen molar-refractivity contribution in [3.63, 3.8) is 0 Å². The fraction of sp³-hybridized carbons (Fsp3) is 0.267. The first-order valence-corrected chi connectivity index (χ1v) is 6.56. The number of pyridine rings is 1. The van der Waals surface area contributed by atoms with Crippen LogP contribution in [0.1, 0.15) is 24.1 Å². The number of rotatable bonds is 5. The summed E-state index contributed by atoms with van der Waals surface area (Å²) in [5, 5.41) is 4.20. The summed E-state index contributed by atoms with van der Waals surface area (Å²) >= 11 is 6.18. The molecule has 3 nitrogen and oxygen atoms in total. The van der Waals surface area contributed by atoms with Gasteiger partial charge in [0, 0.05) is 29.4 Å². The maximum absolute atomic E-state index is 6.18. The van der Waals surface area contributed by atoms with Crippen LogP contribution in [0.5, 0.6) is 5.88 Å². The molecular formula is C15H17ClN2O. The molecular weight excluding hydrogens is 260 g/mol. The lowest BCUT2D eigenvalue weighted by Gasteiger charge is -2.16. The third-order valence-corrected chi connectivity index (χ3v) is 3.36. The number of hydrogen-bond donors (Lipinski definition) is 1. The van der Waals surface area contributed by atoms with Crippen LogP contribution < -0.4 is 10.1 Å². The van der Waals surface area contributed by atoms with Gasteiger partial charge in [0.1, 0.15) is 0 Å². The standard InChI is InChI=1S/C15H17ClN2O/c1-11(13-7-3-4-8-14(13)16)18-10-12-6-5-9-17-15(12)19-2/h3-9,11,18H,10H2,1-2H3/t11-/m0/s1. The summed E-state index contributed by atoms with van der Waals surface area (Å²) in [6, 6.07) is 11.9. The molecule has 0 unspecified atom stereocenters. The van der Waals surface area contributed by atoms with Gasteiger partial charge in [0.2, 0.25) is 5.88 Å². The summed E-state index contributed by atoms with van der Waals surface area (Å²) in [5.41, 5.74) is 2.12. The van der Waals surface area contributed by atoms with E-state index < -0.39 is 0 Å². The SMILES string of the molecule is COc1ncccc1CN[C@@H](C)c1ccccc1Cl. The molecule has 0 aliphatic heterocycles. The molecule has 1 aromatic carbocycles. The van der Waals surface area contributed by atoms with Gasteiger partial charge in [-0.25, -0.2) is 4.98 Å². The number of nitrogens with zero attached hydrogens (tertiary/aromatic N) is 1. The van der Waals surface area contributed by atoms with Crippen LogP contribution in [0.4, 0.5) is 0 Å². The van der Waals surface area contributed by atoms with Crippen LogP contribution in [0.3, 0.4) is 0 Å². The van der Waals surface area contributed by atoms with Crippen LogP contribution in [-0.2, 0) is 6.54 Å². The van der Waals surface area contributed by atoms with Crippen molar-refractivity contribution in [1.82, 2.24) is 10.3 Å². The second-order valence-corrected chi connectivity index (χ2v) is 4.70. The van der Waals surface area contributed by atoms with Gasteiger partial charge < -0.3 is 10.1 Å². The van der Waals surface area contributed by atoms with E-state index >= 15 is 0 Å². The maximum Gasteiger partial charge on any atom is 0.217 e. The minimum absolute atomic E-state index is 0.165. The molecule has 2 aromatic rings. The maximum atomic E-state index is 6.18. The summed E-state index contributed by atoms with van der Waals surface area (Å²) in [7, 11) is 1.63. The van der Waals surface area contributed by atoms with E-state index in [0.717, 1.165) is 16.1 Å². The number of aromatic nitrogens is 1. The van der Waals surface area contributed by atoms with E-state index in [2.05, 4.69) is 17.2 Å². The Kier molecular flexibility index (Phi) is 4.77. The van der Waals surface area contributed by atoms with Crippen molar-refractivity contribution >= 4 is 11.6 Å². The molecule has 0 radical (unpaired) electrons. The minimum Gasteiger partial charge on any atom is -0.481 e. The zero-order valence-corrected chi connectivity index (χ0v) is 11.8. The largest absolute Gasteiger partial charge is 0.481 e. The Morgan fingerprint density at radius 3 is 2.79 bits per heavy atom. The average Bonchev–Trinajstić information content (AvgIpc) is 2.45. The summed E-state index contributed by atoms with van der Waals surface area (Å²) in [6.07, 6.45) is 1.72. The zero-order chi connectivity index (χ0) is 13.7. The molecule has 100 valence electrons. The molecule has 1 heterocycles. The monoisotopic (exact) mass is 276 g/mol. The number of nitrogens with one attached hydrogen (secondary N) is 1.